The van der Waals surface area contributed by atoms with Crippen LogP contribution in [0.2, 0.25) is 0 Å². The fourth-order valence-corrected chi connectivity index (χ4v) is 10.0. The van der Waals surface area contributed by atoms with Crippen molar-refractivity contribution in [1.82, 2.24) is 0 Å². The molecule has 0 bridgehead atoms. The van der Waals surface area contributed by atoms with E-state index >= 15 is 0 Å². The monoisotopic (exact) mass is 1000 g/mol. The van der Waals surface area contributed by atoms with Gasteiger partial charge in [0.05, 0.1) is 6.61 Å². The molecule has 6 N–H and O–H groups in total. The van der Waals surface area contributed by atoms with Crippen LogP contribution in [-0.4, -0.2) is 98.3 Å². The highest BCUT2D eigenvalue weighted by Gasteiger charge is 2.51. The maximum atomic E-state index is 12.9. The van der Waals surface area contributed by atoms with Gasteiger partial charge in [-0.2, -0.15) is 0 Å². The summed E-state index contributed by atoms with van der Waals surface area (Å²) in [4.78, 5) is 35.9. The largest absolute Gasteiger partial charge is 0.472 e. The van der Waals surface area contributed by atoms with Crippen molar-refractivity contribution < 1.29 is 63.1 Å². The number of ether oxygens (including phenoxy) is 2. The fourth-order valence-electron chi connectivity index (χ4n) is 9.06. The summed E-state index contributed by atoms with van der Waals surface area (Å²) in [7, 11) is -5.13. The van der Waals surface area contributed by atoms with E-state index in [1.54, 1.807) is 0 Å². The molecule has 0 heterocycles. The molecule has 1 aliphatic carbocycles. The molecule has 0 aliphatic heterocycles. The van der Waals surface area contributed by atoms with Crippen LogP contribution in [0.1, 0.15) is 271 Å². The Balaban J connectivity index is 2.34. The Hall–Kier alpha value is -1.41. The predicted molar refractivity (Wildman–Crippen MR) is 277 cm³/mol. The highest BCUT2D eigenvalue weighted by atomic mass is 31.2. The number of rotatable bonds is 49. The minimum absolute atomic E-state index is 0.0546. The second kappa shape index (κ2) is 45.2. The SMILES string of the molecule is CCCCCCCCCCCCCCCCCCCC/C=C/CCCC(=O)O[C@H](COC(=O)CCCCCCCCCCCCCCCCCCC)COP(=O)(O)OC1C(O)C(O)C(O)[C@@H](O)C1O. The number of phosphoric acid groups is 1. The van der Waals surface area contributed by atoms with Gasteiger partial charge in [-0.1, -0.05) is 238 Å². The number of aliphatic hydroxyl groups is 5. The minimum Gasteiger partial charge on any atom is -0.462 e. The lowest BCUT2D eigenvalue weighted by molar-refractivity contribution is -0.220. The van der Waals surface area contributed by atoms with Crippen molar-refractivity contribution in [2.75, 3.05) is 13.2 Å². The third-order valence-corrected chi connectivity index (χ3v) is 14.6. The zero-order valence-corrected chi connectivity index (χ0v) is 44.8. The molecule has 0 saturated heterocycles. The summed E-state index contributed by atoms with van der Waals surface area (Å²) in [6, 6.07) is 0. The number of carbonyl (C=O) groups is 2. The summed E-state index contributed by atoms with van der Waals surface area (Å²) < 4.78 is 33.7. The highest BCUT2D eigenvalue weighted by Crippen LogP contribution is 2.47. The summed E-state index contributed by atoms with van der Waals surface area (Å²) in [6.07, 6.45) is 38.4. The third kappa shape index (κ3) is 37.1. The Morgan fingerprint density at radius 1 is 0.435 bits per heavy atom. The molecule has 8 atom stereocenters. The highest BCUT2D eigenvalue weighted by molar-refractivity contribution is 7.47. The lowest BCUT2D eigenvalue weighted by atomic mass is 9.85. The molecule has 0 aromatic carbocycles. The summed E-state index contributed by atoms with van der Waals surface area (Å²) in [5, 5.41) is 50.3. The molecule has 6 unspecified atom stereocenters. The molecule has 1 saturated carbocycles. The first kappa shape index (κ1) is 65.6. The van der Waals surface area contributed by atoms with Crippen molar-refractivity contribution in [3.63, 3.8) is 0 Å². The van der Waals surface area contributed by atoms with Gasteiger partial charge in [-0.25, -0.2) is 4.57 Å². The number of phosphoric ester groups is 1. The molecule has 1 rings (SSSR count). The number of hydrogen-bond acceptors (Lipinski definition) is 12. The zero-order valence-electron chi connectivity index (χ0n) is 43.9. The Labute approximate surface area is 420 Å². The molecule has 13 nitrogen and oxygen atoms in total. The molecular formula is C55H105O13P. The molecule has 0 aromatic heterocycles. The molecule has 0 radical (unpaired) electrons. The second-order valence-electron chi connectivity index (χ2n) is 20.2. The van der Waals surface area contributed by atoms with Crippen LogP contribution >= 0.6 is 7.82 Å². The Bertz CT molecular complexity index is 1250. The van der Waals surface area contributed by atoms with Crippen LogP contribution in [0.25, 0.3) is 0 Å². The van der Waals surface area contributed by atoms with Crippen LogP contribution in [0.5, 0.6) is 0 Å². The zero-order chi connectivity index (χ0) is 50.6. The Kier molecular flexibility index (Phi) is 43.0. The second-order valence-corrected chi connectivity index (χ2v) is 21.6. The maximum absolute atomic E-state index is 12.9. The van der Waals surface area contributed by atoms with Crippen molar-refractivity contribution in [2.45, 2.75) is 313 Å². The molecule has 1 aliphatic rings. The van der Waals surface area contributed by atoms with Crippen LogP contribution in [-0.2, 0) is 32.7 Å². The summed E-state index contributed by atoms with van der Waals surface area (Å²) in [6.45, 7) is 3.34. The number of unbranched alkanes of at least 4 members (excludes halogenated alkanes) is 35. The van der Waals surface area contributed by atoms with E-state index in [0.29, 0.717) is 19.3 Å². The molecule has 1 fully saturated rings. The number of carbonyl (C=O) groups excluding carboxylic acids is 2. The number of hydrogen-bond donors (Lipinski definition) is 6. The van der Waals surface area contributed by atoms with Gasteiger partial charge in [-0.15, -0.1) is 0 Å². The van der Waals surface area contributed by atoms with Crippen molar-refractivity contribution in [1.29, 1.82) is 0 Å². The van der Waals surface area contributed by atoms with Crippen molar-refractivity contribution in [3.05, 3.63) is 12.2 Å². The average molecular weight is 1010 g/mol. The molecule has 0 aromatic rings. The maximum Gasteiger partial charge on any atom is 0.472 e. The topological polar surface area (TPSA) is 210 Å². The number of aliphatic hydroxyl groups excluding tert-OH is 5. The fraction of sp³-hybridized carbons (Fsp3) is 0.927. The number of allylic oxidation sites excluding steroid dienone is 2. The molecular weight excluding hydrogens is 900 g/mol. The first-order valence-electron chi connectivity index (χ1n) is 28.5. The van der Waals surface area contributed by atoms with Crippen molar-refractivity contribution in [3.8, 4) is 0 Å². The predicted octanol–water partition coefficient (Wildman–Crippen LogP) is 13.0. The third-order valence-electron chi connectivity index (χ3n) is 13.6. The van der Waals surface area contributed by atoms with Crippen LogP contribution in [0.4, 0.5) is 0 Å². The van der Waals surface area contributed by atoms with Gasteiger partial charge in [0.15, 0.2) is 6.10 Å². The van der Waals surface area contributed by atoms with Gasteiger partial charge in [0, 0.05) is 12.8 Å². The molecule has 69 heavy (non-hydrogen) atoms. The molecule has 408 valence electrons. The summed E-state index contributed by atoms with van der Waals surface area (Å²) in [5.41, 5.74) is 0. The minimum atomic E-state index is -5.13. The number of esters is 2. The first-order valence-corrected chi connectivity index (χ1v) is 30.0. The lowest BCUT2D eigenvalue weighted by Gasteiger charge is -2.41. The Morgan fingerprint density at radius 3 is 1.14 bits per heavy atom. The van der Waals surface area contributed by atoms with Crippen molar-refractivity contribution >= 4 is 19.8 Å². The van der Waals surface area contributed by atoms with Gasteiger partial charge >= 0.3 is 19.8 Å². The Morgan fingerprint density at radius 2 is 0.754 bits per heavy atom. The van der Waals surface area contributed by atoms with Crippen LogP contribution in [0.15, 0.2) is 12.2 Å². The molecule has 14 heteroatoms. The van der Waals surface area contributed by atoms with E-state index in [4.69, 9.17) is 18.5 Å². The van der Waals surface area contributed by atoms with Gasteiger partial charge in [0.25, 0.3) is 0 Å². The van der Waals surface area contributed by atoms with Gasteiger partial charge in [0.1, 0.15) is 43.2 Å². The van der Waals surface area contributed by atoms with E-state index < -0.39 is 75.7 Å². The van der Waals surface area contributed by atoms with E-state index in [0.717, 1.165) is 32.1 Å². The molecule has 0 spiro atoms. The van der Waals surface area contributed by atoms with Crippen LogP contribution in [0, 0.1) is 0 Å². The smallest absolute Gasteiger partial charge is 0.462 e. The van der Waals surface area contributed by atoms with Gasteiger partial charge in [-0.05, 0) is 32.1 Å². The van der Waals surface area contributed by atoms with E-state index in [1.165, 1.54) is 193 Å². The van der Waals surface area contributed by atoms with Gasteiger partial charge < -0.3 is 39.9 Å². The summed E-state index contributed by atoms with van der Waals surface area (Å²) in [5.74, 6) is -1.12. The lowest BCUT2D eigenvalue weighted by Crippen LogP contribution is -2.64. The van der Waals surface area contributed by atoms with E-state index in [2.05, 4.69) is 26.0 Å². The van der Waals surface area contributed by atoms with Crippen LogP contribution < -0.4 is 0 Å². The first-order chi connectivity index (χ1) is 33.4. The normalized spacial score (nSPS) is 20.9. The molecule has 0 amide bonds. The summed E-state index contributed by atoms with van der Waals surface area (Å²) >= 11 is 0. The average Bonchev–Trinajstić information content (AvgIpc) is 3.33. The van der Waals surface area contributed by atoms with Crippen molar-refractivity contribution in [2.24, 2.45) is 0 Å². The van der Waals surface area contributed by atoms with E-state index in [-0.39, 0.29) is 12.8 Å². The van der Waals surface area contributed by atoms with E-state index in [9.17, 15) is 44.6 Å². The quantitative estimate of drug-likeness (QED) is 0.0145. The van der Waals surface area contributed by atoms with Gasteiger partial charge in [-0.3, -0.25) is 18.6 Å². The van der Waals surface area contributed by atoms with E-state index in [1.807, 2.05) is 0 Å². The van der Waals surface area contributed by atoms with Crippen LogP contribution in [0.3, 0.4) is 0 Å². The van der Waals surface area contributed by atoms with Gasteiger partial charge in [0.2, 0.25) is 0 Å². The standard InChI is InChI=1S/C55H105O13P/c1-3-5-7-9-11-13-15-17-19-21-22-23-24-25-26-28-30-32-34-36-38-40-42-44-49(57)67-47(46-66-69(63,64)68-55-53(61)51(59)50(58)52(60)54(55)62)45-65-48(56)43-41-39-37-35-33-31-29-27-20-18-16-14-12-10-8-6-4-2/h36,38,47,50-55,58-62H,3-35,37,39-46H2,1-2H3,(H,63,64)/b38-36+/t47-,50?,51-,52?,53?,54?,55?/m1/s1.